The number of rotatable bonds is 3. The van der Waals surface area contributed by atoms with Crippen LogP contribution in [0.3, 0.4) is 0 Å². The van der Waals surface area contributed by atoms with Gasteiger partial charge in [0.1, 0.15) is 0 Å². The summed E-state index contributed by atoms with van der Waals surface area (Å²) in [6.07, 6.45) is 0.831. The second-order valence-electron chi connectivity index (χ2n) is 4.49. The van der Waals surface area contributed by atoms with Crippen molar-refractivity contribution in [2.75, 3.05) is 19.3 Å². The van der Waals surface area contributed by atoms with Gasteiger partial charge in [0.25, 0.3) is 0 Å². The number of oxime groups is 1. The normalized spacial score (nSPS) is 20.6. The van der Waals surface area contributed by atoms with Gasteiger partial charge in [-0.2, -0.15) is 8.42 Å². The molecule has 7 nitrogen and oxygen atoms in total. The largest absolute Gasteiger partial charge is 0.465 e. The molecule has 0 radical (unpaired) electrons. The number of carboxylic acid groups (broad SMARTS) is 1. The topological polar surface area (TPSA) is 96.3 Å². The van der Waals surface area contributed by atoms with E-state index in [0.29, 0.717) is 25.9 Å². The van der Waals surface area contributed by atoms with Gasteiger partial charge in [-0.15, -0.1) is 0 Å². The van der Waals surface area contributed by atoms with Gasteiger partial charge in [0.05, 0.1) is 6.26 Å². The van der Waals surface area contributed by atoms with Crippen molar-refractivity contribution >= 4 is 33.0 Å². The zero-order valence-corrected chi connectivity index (χ0v) is 11.7. The highest BCUT2D eigenvalue weighted by molar-refractivity contribution is 7.85. The van der Waals surface area contributed by atoms with E-state index in [9.17, 15) is 13.2 Å². The van der Waals surface area contributed by atoms with Crippen LogP contribution in [0.15, 0.2) is 5.16 Å². The molecule has 1 aliphatic heterocycles. The zero-order valence-electron chi connectivity index (χ0n) is 10.1. The summed E-state index contributed by atoms with van der Waals surface area (Å²) in [5, 5.41) is 12.2. The Balaban J connectivity index is 2.69. The van der Waals surface area contributed by atoms with Crippen molar-refractivity contribution in [1.82, 2.24) is 4.90 Å². The van der Waals surface area contributed by atoms with Crippen molar-refractivity contribution in [3.8, 4) is 0 Å². The SMILES string of the molecule is CC1(C(Cl)=NOS(C)(=O)=O)CCN(C(=O)O)CC1. The summed E-state index contributed by atoms with van der Waals surface area (Å²) < 4.78 is 25.9. The standard InChI is InChI=1S/C9H15ClN2O5S/c1-9(7(10)11-17-18(2,15)16)3-5-12(6-4-9)8(13)14/h3-6H2,1-2H3,(H,13,14). The minimum Gasteiger partial charge on any atom is -0.465 e. The van der Waals surface area contributed by atoms with E-state index in [2.05, 4.69) is 9.44 Å². The fourth-order valence-electron chi connectivity index (χ4n) is 1.61. The molecule has 0 saturated carbocycles. The fourth-order valence-corrected chi connectivity index (χ4v) is 2.08. The van der Waals surface area contributed by atoms with Gasteiger partial charge < -0.3 is 10.0 Å². The summed E-state index contributed by atoms with van der Waals surface area (Å²) in [6, 6.07) is 0. The second kappa shape index (κ2) is 5.31. The van der Waals surface area contributed by atoms with Crippen LogP contribution in [-0.4, -0.2) is 49.0 Å². The molecule has 1 heterocycles. The van der Waals surface area contributed by atoms with Gasteiger partial charge >= 0.3 is 16.2 Å². The van der Waals surface area contributed by atoms with Crippen LogP contribution in [0.2, 0.25) is 0 Å². The molecule has 0 aromatic carbocycles. The maximum atomic E-state index is 10.8. The predicted octanol–water partition coefficient (Wildman–Crippen LogP) is 1.29. The number of hydrogen-bond acceptors (Lipinski definition) is 5. The average Bonchev–Trinajstić information content (AvgIpc) is 2.25. The molecule has 1 N–H and O–H groups in total. The number of amides is 1. The van der Waals surface area contributed by atoms with Crippen molar-refractivity contribution in [1.29, 1.82) is 0 Å². The Morgan fingerprint density at radius 2 is 1.94 bits per heavy atom. The van der Waals surface area contributed by atoms with E-state index >= 15 is 0 Å². The van der Waals surface area contributed by atoms with Crippen molar-refractivity contribution in [3.05, 3.63) is 0 Å². The summed E-state index contributed by atoms with van der Waals surface area (Å²) in [7, 11) is -3.69. The minimum absolute atomic E-state index is 0.0398. The highest BCUT2D eigenvalue weighted by atomic mass is 35.5. The lowest BCUT2D eigenvalue weighted by atomic mass is 9.81. The number of hydrogen-bond donors (Lipinski definition) is 1. The molecule has 0 atom stereocenters. The monoisotopic (exact) mass is 298 g/mol. The quantitative estimate of drug-likeness (QED) is 0.625. The molecule has 18 heavy (non-hydrogen) atoms. The highest BCUT2D eigenvalue weighted by Crippen LogP contribution is 2.34. The molecule has 1 aliphatic rings. The van der Waals surface area contributed by atoms with Crippen molar-refractivity contribution in [2.45, 2.75) is 19.8 Å². The molecule has 1 amide bonds. The molecule has 9 heteroatoms. The van der Waals surface area contributed by atoms with Crippen LogP contribution in [0.4, 0.5) is 4.79 Å². The predicted molar refractivity (Wildman–Crippen MR) is 66.2 cm³/mol. The molecule has 0 aliphatic carbocycles. The highest BCUT2D eigenvalue weighted by Gasteiger charge is 2.36. The van der Waals surface area contributed by atoms with Crippen LogP contribution < -0.4 is 0 Å². The Bertz CT molecular complexity index is 454. The van der Waals surface area contributed by atoms with Crippen LogP contribution in [0, 0.1) is 5.41 Å². The molecule has 0 spiro atoms. The van der Waals surface area contributed by atoms with E-state index in [-0.39, 0.29) is 5.17 Å². The lowest BCUT2D eigenvalue weighted by molar-refractivity contribution is 0.117. The second-order valence-corrected chi connectivity index (χ2v) is 6.41. The molecule has 1 rings (SSSR count). The molecule has 1 fully saturated rings. The zero-order chi connectivity index (χ0) is 14.0. The number of nitrogens with zero attached hydrogens (tertiary/aromatic N) is 2. The summed E-state index contributed by atoms with van der Waals surface area (Å²) in [5.41, 5.74) is -0.557. The molecular formula is C9H15ClN2O5S. The molecule has 0 unspecified atom stereocenters. The Hall–Kier alpha value is -1.02. The molecule has 1 saturated heterocycles. The third-order valence-corrected chi connectivity index (χ3v) is 3.76. The van der Waals surface area contributed by atoms with Gasteiger partial charge in [-0.25, -0.2) is 4.79 Å². The lowest BCUT2D eigenvalue weighted by Gasteiger charge is -2.36. The van der Waals surface area contributed by atoms with Gasteiger partial charge in [-0.05, 0) is 12.8 Å². The molecular weight excluding hydrogens is 284 g/mol. The third kappa shape index (κ3) is 4.02. The number of halogens is 1. The summed E-state index contributed by atoms with van der Waals surface area (Å²) in [4.78, 5) is 12.0. The van der Waals surface area contributed by atoms with Crippen molar-refractivity contribution in [3.63, 3.8) is 0 Å². The van der Waals surface area contributed by atoms with E-state index in [4.69, 9.17) is 16.7 Å². The smallest absolute Gasteiger partial charge is 0.407 e. The summed E-state index contributed by atoms with van der Waals surface area (Å²) in [5.74, 6) is 0. The molecule has 0 aromatic rings. The first-order chi connectivity index (χ1) is 8.14. The van der Waals surface area contributed by atoms with Crippen molar-refractivity contribution < 1.29 is 22.6 Å². The first-order valence-corrected chi connectivity index (χ1v) is 7.44. The maximum Gasteiger partial charge on any atom is 0.407 e. The van der Waals surface area contributed by atoms with Crippen LogP contribution >= 0.6 is 11.6 Å². The van der Waals surface area contributed by atoms with E-state index in [1.54, 1.807) is 6.92 Å². The number of carbonyl (C=O) groups is 1. The van der Waals surface area contributed by atoms with E-state index < -0.39 is 21.6 Å². The van der Waals surface area contributed by atoms with Crippen LogP contribution in [0.25, 0.3) is 0 Å². The maximum absolute atomic E-state index is 10.8. The minimum atomic E-state index is -3.69. The lowest BCUT2D eigenvalue weighted by Crippen LogP contribution is -2.43. The number of piperidine rings is 1. The van der Waals surface area contributed by atoms with E-state index in [1.807, 2.05) is 0 Å². The van der Waals surface area contributed by atoms with Crippen LogP contribution in [0.5, 0.6) is 0 Å². The van der Waals surface area contributed by atoms with Crippen LogP contribution in [-0.2, 0) is 14.4 Å². The van der Waals surface area contributed by atoms with E-state index in [1.165, 1.54) is 4.90 Å². The van der Waals surface area contributed by atoms with Gasteiger partial charge in [-0.1, -0.05) is 23.7 Å². The Kier molecular flexibility index (Phi) is 4.44. The van der Waals surface area contributed by atoms with Crippen molar-refractivity contribution in [2.24, 2.45) is 10.6 Å². The first-order valence-electron chi connectivity index (χ1n) is 5.24. The molecule has 0 bridgehead atoms. The Morgan fingerprint density at radius 3 is 2.33 bits per heavy atom. The van der Waals surface area contributed by atoms with Crippen LogP contribution in [0.1, 0.15) is 19.8 Å². The van der Waals surface area contributed by atoms with Gasteiger partial charge in [0, 0.05) is 18.5 Å². The van der Waals surface area contributed by atoms with Gasteiger partial charge in [0.2, 0.25) is 0 Å². The fraction of sp³-hybridized carbons (Fsp3) is 0.778. The van der Waals surface area contributed by atoms with E-state index in [0.717, 1.165) is 6.26 Å². The van der Waals surface area contributed by atoms with Gasteiger partial charge in [-0.3, -0.25) is 4.28 Å². The summed E-state index contributed by atoms with van der Waals surface area (Å²) in [6.45, 7) is 2.45. The van der Waals surface area contributed by atoms with Gasteiger partial charge in [0.15, 0.2) is 5.17 Å². The number of likely N-dealkylation sites (tertiary alicyclic amines) is 1. The average molecular weight is 299 g/mol. The Morgan fingerprint density at radius 1 is 1.44 bits per heavy atom. The third-order valence-electron chi connectivity index (χ3n) is 2.89. The molecule has 104 valence electrons. The Labute approximate surface area is 110 Å². The molecule has 0 aromatic heterocycles. The summed E-state index contributed by atoms with van der Waals surface area (Å²) >= 11 is 5.93. The first kappa shape index (κ1) is 15.0.